The van der Waals surface area contributed by atoms with Crippen molar-refractivity contribution in [2.45, 2.75) is 25.0 Å². The van der Waals surface area contributed by atoms with E-state index in [0.717, 1.165) is 0 Å². The van der Waals surface area contributed by atoms with Crippen molar-refractivity contribution >= 4 is 0 Å². The molecule has 2 atom stereocenters. The number of hydrogen-bond acceptors (Lipinski definition) is 6. The summed E-state index contributed by atoms with van der Waals surface area (Å²) in [6.07, 6.45) is 0. The van der Waals surface area contributed by atoms with Crippen LogP contribution in [0, 0.1) is 22.7 Å². The average molecular weight is 196 g/mol. The maximum Gasteiger partial charge on any atom is 0.169 e. The molecule has 2 unspecified atom stereocenters. The third kappa shape index (κ3) is 5.20. The molecule has 0 rings (SSSR count). The van der Waals surface area contributed by atoms with Crippen LogP contribution >= 0.6 is 0 Å². The number of nitriles is 2. The molecule has 0 aliphatic heterocycles. The molecule has 0 radical (unpaired) electrons. The summed E-state index contributed by atoms with van der Waals surface area (Å²) in [5.74, 6) is 0. The fourth-order valence-corrected chi connectivity index (χ4v) is 0.446. The molecule has 6 heteroatoms. The summed E-state index contributed by atoms with van der Waals surface area (Å²) < 4.78 is 0. The van der Waals surface area contributed by atoms with E-state index < -0.39 is 11.2 Å². The van der Waals surface area contributed by atoms with Gasteiger partial charge in [0.1, 0.15) is 13.1 Å². The number of hydrogen-bond donors (Lipinski definition) is 2. The molecule has 2 N–H and O–H groups in total. The molecule has 0 aromatic heterocycles. The number of aliphatic hydroxyl groups is 2. The minimum atomic E-state index is -1.55. The van der Waals surface area contributed by atoms with Gasteiger partial charge in [0, 0.05) is 0 Å². The Morgan fingerprint density at radius 2 is 1.29 bits per heavy atom. The Balaban J connectivity index is 4.02. The summed E-state index contributed by atoms with van der Waals surface area (Å²) in [7, 11) is 0. The Morgan fingerprint density at radius 1 is 1.00 bits per heavy atom. The lowest BCUT2D eigenvalue weighted by molar-refractivity contribution is 0.118. The van der Waals surface area contributed by atoms with Crippen LogP contribution < -0.4 is 0 Å². The third-order valence-corrected chi connectivity index (χ3v) is 1.34. The molecule has 14 heavy (non-hydrogen) atoms. The van der Waals surface area contributed by atoms with Gasteiger partial charge in [-0.3, -0.25) is 0 Å². The van der Waals surface area contributed by atoms with Gasteiger partial charge in [-0.1, -0.05) is 0 Å². The van der Waals surface area contributed by atoms with Gasteiger partial charge >= 0.3 is 0 Å². The molecule has 0 aromatic carbocycles. The van der Waals surface area contributed by atoms with Crippen LogP contribution in [0.3, 0.4) is 0 Å². The highest BCUT2D eigenvalue weighted by atomic mass is 16.3. The zero-order valence-corrected chi connectivity index (χ0v) is 8.10. The molecule has 0 saturated carbocycles. The number of nitrogens with zero attached hydrogens (tertiary/aromatic N) is 4. The van der Waals surface area contributed by atoms with Crippen molar-refractivity contribution in [3.8, 4) is 12.1 Å². The highest BCUT2D eigenvalue weighted by molar-refractivity contribution is 4.99. The Bertz CT molecular complexity index is 265. The summed E-state index contributed by atoms with van der Waals surface area (Å²) in [4.78, 5) is 0. The monoisotopic (exact) mass is 196 g/mol. The van der Waals surface area contributed by atoms with Crippen molar-refractivity contribution in [1.29, 1.82) is 10.5 Å². The summed E-state index contributed by atoms with van der Waals surface area (Å²) in [5, 5.41) is 42.1. The largest absolute Gasteiger partial charge is 0.374 e. The van der Waals surface area contributed by atoms with Crippen LogP contribution in [-0.4, -0.2) is 34.5 Å². The Morgan fingerprint density at radius 3 is 1.50 bits per heavy atom. The Labute approximate surface area is 82.1 Å². The van der Waals surface area contributed by atoms with E-state index in [2.05, 4.69) is 10.2 Å². The quantitative estimate of drug-likeness (QED) is 0.486. The second-order valence-electron chi connectivity index (χ2n) is 3.37. The minimum absolute atomic E-state index is 0.176. The standard InChI is InChI=1S/C8H12N4O2/c1-7(13,3-9)5-11-12-6-8(2,14)4-10/h13-14H,5-6H2,1-2H3. The molecule has 0 aliphatic rings. The number of rotatable bonds is 4. The predicted octanol–water partition coefficient (Wildman–Crippen LogP) is -0.0122. The SMILES string of the molecule is CC(O)(C#N)CN=NCC(C)(O)C#N. The number of azo groups is 1. The normalized spacial score (nSPS) is 19.3. The van der Waals surface area contributed by atoms with E-state index in [0.29, 0.717) is 0 Å². The highest BCUT2D eigenvalue weighted by Gasteiger charge is 2.20. The van der Waals surface area contributed by atoms with Crippen molar-refractivity contribution in [3.63, 3.8) is 0 Å². The molecule has 76 valence electrons. The van der Waals surface area contributed by atoms with Gasteiger partial charge in [0.25, 0.3) is 0 Å². The van der Waals surface area contributed by atoms with E-state index in [1.807, 2.05) is 0 Å². The second-order valence-corrected chi connectivity index (χ2v) is 3.37. The summed E-state index contributed by atoms with van der Waals surface area (Å²) in [6, 6.07) is 3.25. The van der Waals surface area contributed by atoms with Gasteiger partial charge in [-0.25, -0.2) is 0 Å². The van der Waals surface area contributed by atoms with E-state index in [4.69, 9.17) is 20.7 Å². The van der Waals surface area contributed by atoms with Crippen LogP contribution in [0.5, 0.6) is 0 Å². The van der Waals surface area contributed by atoms with E-state index in [-0.39, 0.29) is 13.1 Å². The van der Waals surface area contributed by atoms with Gasteiger partial charge < -0.3 is 10.2 Å². The van der Waals surface area contributed by atoms with Crippen molar-refractivity contribution < 1.29 is 10.2 Å². The molecule has 0 amide bonds. The lowest BCUT2D eigenvalue weighted by atomic mass is 10.1. The maximum absolute atomic E-state index is 9.17. The second kappa shape index (κ2) is 4.66. The zero-order valence-electron chi connectivity index (χ0n) is 8.10. The van der Waals surface area contributed by atoms with Crippen molar-refractivity contribution in [1.82, 2.24) is 0 Å². The molecule has 0 aromatic rings. The molecule has 0 heterocycles. The lowest BCUT2D eigenvalue weighted by Crippen LogP contribution is -2.27. The highest BCUT2D eigenvalue weighted by Crippen LogP contribution is 2.04. The molecular formula is C8H12N4O2. The minimum Gasteiger partial charge on any atom is -0.374 e. The summed E-state index contributed by atoms with van der Waals surface area (Å²) in [6.45, 7) is 2.25. The van der Waals surface area contributed by atoms with Crippen molar-refractivity contribution in [2.75, 3.05) is 13.1 Å². The fraction of sp³-hybridized carbons (Fsp3) is 0.750. The lowest BCUT2D eigenvalue weighted by Gasteiger charge is -2.10. The maximum atomic E-state index is 9.17. The zero-order chi connectivity index (χ0) is 11.2. The van der Waals surface area contributed by atoms with Gasteiger partial charge in [-0.05, 0) is 13.8 Å². The van der Waals surface area contributed by atoms with Crippen LogP contribution in [0.15, 0.2) is 10.2 Å². The van der Waals surface area contributed by atoms with Gasteiger partial charge in [0.15, 0.2) is 11.2 Å². The van der Waals surface area contributed by atoms with E-state index >= 15 is 0 Å². The van der Waals surface area contributed by atoms with Crippen molar-refractivity contribution in [2.24, 2.45) is 10.2 Å². The Hall–Kier alpha value is -1.50. The van der Waals surface area contributed by atoms with Gasteiger partial charge in [-0.15, -0.1) is 0 Å². The topological polar surface area (TPSA) is 113 Å². The average Bonchev–Trinajstić information content (AvgIpc) is 2.13. The summed E-state index contributed by atoms with van der Waals surface area (Å²) >= 11 is 0. The molecule has 0 saturated heterocycles. The fourth-order valence-electron chi connectivity index (χ4n) is 0.446. The van der Waals surface area contributed by atoms with Crippen LogP contribution in [0.1, 0.15) is 13.8 Å². The van der Waals surface area contributed by atoms with Crippen molar-refractivity contribution in [3.05, 3.63) is 0 Å². The van der Waals surface area contributed by atoms with Crippen LogP contribution in [0.25, 0.3) is 0 Å². The van der Waals surface area contributed by atoms with E-state index in [1.54, 1.807) is 12.1 Å². The molecular weight excluding hydrogens is 184 g/mol. The van der Waals surface area contributed by atoms with Gasteiger partial charge in [0.05, 0.1) is 12.1 Å². The first-order valence-electron chi connectivity index (χ1n) is 3.93. The predicted molar refractivity (Wildman–Crippen MR) is 47.1 cm³/mol. The van der Waals surface area contributed by atoms with Gasteiger partial charge in [0.2, 0.25) is 0 Å². The van der Waals surface area contributed by atoms with E-state index in [9.17, 15) is 0 Å². The third-order valence-electron chi connectivity index (χ3n) is 1.34. The van der Waals surface area contributed by atoms with Gasteiger partial charge in [-0.2, -0.15) is 20.8 Å². The molecule has 0 bridgehead atoms. The van der Waals surface area contributed by atoms with Crippen LogP contribution in [-0.2, 0) is 0 Å². The molecule has 0 spiro atoms. The Kier molecular flexibility index (Phi) is 4.16. The molecule has 0 fully saturated rings. The first-order chi connectivity index (χ1) is 6.33. The van der Waals surface area contributed by atoms with Crippen LogP contribution in [0.2, 0.25) is 0 Å². The first-order valence-corrected chi connectivity index (χ1v) is 3.93. The summed E-state index contributed by atoms with van der Waals surface area (Å²) in [5.41, 5.74) is -3.11. The first kappa shape index (κ1) is 12.5. The van der Waals surface area contributed by atoms with Crippen LogP contribution in [0.4, 0.5) is 0 Å². The van der Waals surface area contributed by atoms with E-state index in [1.165, 1.54) is 13.8 Å². The molecule has 6 nitrogen and oxygen atoms in total. The molecule has 0 aliphatic carbocycles. The smallest absolute Gasteiger partial charge is 0.169 e.